The Morgan fingerprint density at radius 3 is 1.05 bits per heavy atom. The van der Waals surface area contributed by atoms with E-state index in [2.05, 4.69) is 287 Å². The molecular weight excluding hydrogens is 1050 g/mol. The van der Waals surface area contributed by atoms with E-state index < -0.39 is 0 Å². The molecule has 0 amide bonds. The van der Waals surface area contributed by atoms with Gasteiger partial charge in [0.25, 0.3) is 6.71 Å². The minimum absolute atomic E-state index is 0.00224. The van der Waals surface area contributed by atoms with Crippen molar-refractivity contribution in [1.82, 2.24) is 0 Å². The van der Waals surface area contributed by atoms with Gasteiger partial charge in [0.05, 0.1) is 17.1 Å². The lowest BCUT2D eigenvalue weighted by atomic mass is 9.39. The molecule has 4 aliphatic rings. The van der Waals surface area contributed by atoms with E-state index in [1.165, 1.54) is 138 Å². The van der Waals surface area contributed by atoms with Crippen molar-refractivity contribution in [3.05, 3.63) is 178 Å². The summed E-state index contributed by atoms with van der Waals surface area (Å²) in [6.07, 6.45) is 4.65. The Hall–Kier alpha value is -6.08. The molecule has 0 saturated carbocycles. The predicted octanol–water partition coefficient (Wildman–Crippen LogP) is 21.6. The first-order valence-corrected chi connectivity index (χ1v) is 33.0. The molecular formula is C78H90BN3S2. The Morgan fingerprint density at radius 2 is 0.702 bits per heavy atom. The van der Waals surface area contributed by atoms with Gasteiger partial charge in [0.1, 0.15) is 0 Å². The molecule has 0 bridgehead atoms. The van der Waals surface area contributed by atoms with Crippen LogP contribution in [0.1, 0.15) is 209 Å². The van der Waals surface area contributed by atoms with Crippen LogP contribution in [0.4, 0.5) is 51.2 Å². The first-order chi connectivity index (χ1) is 39.1. The number of anilines is 9. The van der Waals surface area contributed by atoms with E-state index in [1.807, 2.05) is 22.7 Å². The third-order valence-electron chi connectivity index (χ3n) is 20.4. The van der Waals surface area contributed by atoms with E-state index in [-0.39, 0.29) is 50.0 Å². The molecule has 0 unspecified atom stereocenters. The van der Waals surface area contributed by atoms with Gasteiger partial charge in [0, 0.05) is 63.8 Å². The maximum absolute atomic E-state index is 2.71. The number of rotatable bonds is 5. The molecule has 0 spiro atoms. The Balaban J connectivity index is 1.20. The highest BCUT2D eigenvalue weighted by Gasteiger charge is 2.49. The summed E-state index contributed by atoms with van der Waals surface area (Å²) in [4.78, 5) is 8.08. The molecule has 2 aromatic heterocycles. The number of hydrogen-bond acceptors (Lipinski definition) is 5. The first kappa shape index (κ1) is 57.0. The minimum atomic E-state index is -0.0375. The Kier molecular flexibility index (Phi) is 12.7. The molecule has 84 heavy (non-hydrogen) atoms. The molecule has 4 heterocycles. The molecule has 0 atom stereocenters. The fourth-order valence-electron chi connectivity index (χ4n) is 14.7. The Morgan fingerprint density at radius 1 is 0.369 bits per heavy atom. The van der Waals surface area contributed by atoms with Crippen molar-refractivity contribution in [3.63, 3.8) is 0 Å². The normalized spacial score (nSPS) is 17.6. The first-order valence-electron chi connectivity index (χ1n) is 31.4. The SMILES string of the molecule is CC(C)(C)c1ccc(N2c3cc(N(c4ccc5c(c4)C(C)(C)CCC5(C)C)c4ccc5c(c4)C(C)(C)CCC5(C)C)cc4c3B(c3sc5ccc(C(C)(C)C)cc5c32)c2sc3ccc(C(C)(C)C)cc3c2N4c2ccc(C(C)(C)C)cc2)cc1. The van der Waals surface area contributed by atoms with Crippen LogP contribution in [0.3, 0.4) is 0 Å². The average Bonchev–Trinajstić information content (AvgIpc) is 1.41. The van der Waals surface area contributed by atoms with Crippen molar-refractivity contribution in [2.24, 2.45) is 0 Å². The van der Waals surface area contributed by atoms with Crippen molar-refractivity contribution in [3.8, 4) is 0 Å². The fourth-order valence-corrected chi connectivity index (χ4v) is 17.3. The van der Waals surface area contributed by atoms with Crippen molar-refractivity contribution < 1.29 is 0 Å². The third kappa shape index (κ3) is 9.14. The smallest absolute Gasteiger partial charge is 0.277 e. The highest BCUT2D eigenvalue weighted by Crippen LogP contribution is 2.56. The zero-order valence-electron chi connectivity index (χ0n) is 54.3. The minimum Gasteiger partial charge on any atom is -0.310 e. The van der Waals surface area contributed by atoms with Crippen LogP contribution in [-0.2, 0) is 43.3 Å². The lowest BCUT2D eigenvalue weighted by molar-refractivity contribution is 0.332. The molecule has 2 aliphatic heterocycles. The highest BCUT2D eigenvalue weighted by atomic mass is 32.1. The number of thiophene rings is 2. The summed E-state index contributed by atoms with van der Waals surface area (Å²) >= 11 is 4.02. The van der Waals surface area contributed by atoms with E-state index in [1.54, 1.807) is 0 Å². The molecule has 432 valence electrons. The lowest BCUT2D eigenvalue weighted by Gasteiger charge is -2.44. The summed E-state index contributed by atoms with van der Waals surface area (Å²) in [6, 6.07) is 54.4. The van der Waals surface area contributed by atoms with Gasteiger partial charge >= 0.3 is 0 Å². The number of benzene rings is 7. The quantitative estimate of drug-likeness (QED) is 0.159. The lowest BCUT2D eigenvalue weighted by Crippen LogP contribution is -2.59. The number of hydrogen-bond donors (Lipinski definition) is 0. The van der Waals surface area contributed by atoms with Crippen LogP contribution in [0.15, 0.2) is 133 Å². The molecule has 0 saturated heterocycles. The second-order valence-electron chi connectivity index (χ2n) is 32.5. The average molecular weight is 1140 g/mol. The highest BCUT2D eigenvalue weighted by molar-refractivity contribution is 7.40. The van der Waals surface area contributed by atoms with Crippen molar-refractivity contribution in [2.75, 3.05) is 14.7 Å². The van der Waals surface area contributed by atoms with Gasteiger partial charge in [-0.25, -0.2) is 0 Å². The van der Waals surface area contributed by atoms with Crippen molar-refractivity contribution in [1.29, 1.82) is 0 Å². The molecule has 0 N–H and O–H groups in total. The summed E-state index contributed by atoms with van der Waals surface area (Å²) in [5.74, 6) is 0. The zero-order valence-corrected chi connectivity index (χ0v) is 55.9. The second-order valence-corrected chi connectivity index (χ2v) is 34.6. The van der Waals surface area contributed by atoms with Crippen LogP contribution in [0.2, 0.25) is 0 Å². The molecule has 13 rings (SSSR count). The van der Waals surface area contributed by atoms with Gasteiger partial charge < -0.3 is 14.7 Å². The summed E-state index contributed by atoms with van der Waals surface area (Å²) in [5, 5.41) is 2.66. The third-order valence-corrected chi connectivity index (χ3v) is 22.9. The maximum Gasteiger partial charge on any atom is 0.277 e. The van der Waals surface area contributed by atoms with Gasteiger partial charge in [-0.15, -0.1) is 22.7 Å². The Labute approximate surface area is 512 Å². The molecule has 9 aromatic rings. The van der Waals surface area contributed by atoms with Crippen LogP contribution >= 0.6 is 22.7 Å². The Bertz CT molecular complexity index is 3870. The molecule has 0 fully saturated rings. The standard InChI is InChI=1S/C78H90BN3S2/c1-71(2,3)47-21-27-51(28-22-47)81-62-45-55(80(53-31-33-58-60(43-53)77(17,18)39-37-75(58,13)14)54-32-34-59-61(44-54)78(19,20)40-38-76(59,15)16)46-63-66(62)79(69-67(81)56-41-49(73(7,8)9)25-35-64(56)83-69)70-68(57-42-50(74(10,11)12)26-36-65(57)84-70)82(63)52-29-23-48(24-30-52)72(4,5)6/h21-36,41-46H,37-40H2,1-20H3. The van der Waals surface area contributed by atoms with E-state index in [9.17, 15) is 0 Å². The summed E-state index contributed by atoms with van der Waals surface area (Å²) < 4.78 is 5.50. The van der Waals surface area contributed by atoms with E-state index in [4.69, 9.17) is 0 Å². The van der Waals surface area contributed by atoms with Gasteiger partial charge in [0.2, 0.25) is 0 Å². The van der Waals surface area contributed by atoms with Gasteiger partial charge in [-0.3, -0.25) is 0 Å². The van der Waals surface area contributed by atoms with E-state index in [0.29, 0.717) is 0 Å². The van der Waals surface area contributed by atoms with Gasteiger partial charge in [-0.1, -0.05) is 187 Å². The molecule has 0 radical (unpaired) electrons. The molecule has 2 aliphatic carbocycles. The molecule has 7 aromatic carbocycles. The van der Waals surface area contributed by atoms with Gasteiger partial charge in [-0.2, -0.15) is 0 Å². The van der Waals surface area contributed by atoms with Gasteiger partial charge in [0.15, 0.2) is 0 Å². The van der Waals surface area contributed by atoms with Crippen LogP contribution < -0.4 is 29.7 Å². The van der Waals surface area contributed by atoms with Crippen molar-refractivity contribution >= 4 is 116 Å². The van der Waals surface area contributed by atoms with E-state index >= 15 is 0 Å². The zero-order chi connectivity index (χ0) is 60.0. The van der Waals surface area contributed by atoms with E-state index in [0.717, 1.165) is 18.5 Å². The number of fused-ring (bicyclic) bond motifs is 10. The topological polar surface area (TPSA) is 9.72 Å². The number of nitrogens with zero attached hydrogens (tertiary/aromatic N) is 3. The predicted molar refractivity (Wildman–Crippen MR) is 371 cm³/mol. The monoisotopic (exact) mass is 1140 g/mol. The maximum atomic E-state index is 2.71. The van der Waals surface area contributed by atoms with Crippen LogP contribution in [0, 0.1) is 0 Å². The molecule has 3 nitrogen and oxygen atoms in total. The fraction of sp³-hybridized carbons (Fsp3) is 0.410. The van der Waals surface area contributed by atoms with Crippen LogP contribution in [0.25, 0.3) is 20.2 Å². The summed E-state index contributed by atoms with van der Waals surface area (Å²) in [6.45, 7) is 47.9. The summed E-state index contributed by atoms with van der Waals surface area (Å²) in [7, 11) is 0. The largest absolute Gasteiger partial charge is 0.310 e. The van der Waals surface area contributed by atoms with Crippen LogP contribution in [-0.4, -0.2) is 6.71 Å². The van der Waals surface area contributed by atoms with Crippen LogP contribution in [0.5, 0.6) is 0 Å². The second kappa shape index (κ2) is 18.7. The molecule has 6 heteroatoms. The summed E-state index contributed by atoms with van der Waals surface area (Å²) in [5.41, 5.74) is 23.8. The van der Waals surface area contributed by atoms with Crippen molar-refractivity contribution in [2.45, 2.75) is 207 Å². The van der Waals surface area contributed by atoms with Gasteiger partial charge in [-0.05, 0) is 204 Å².